The largest absolute Gasteiger partial charge is 0.339 e. The Morgan fingerprint density at radius 3 is 2.56 bits per heavy atom. The van der Waals surface area contributed by atoms with Gasteiger partial charge in [0, 0.05) is 23.1 Å². The van der Waals surface area contributed by atoms with Gasteiger partial charge in [-0.05, 0) is 53.4 Å². The van der Waals surface area contributed by atoms with Gasteiger partial charge in [0.25, 0.3) is 5.91 Å². The highest BCUT2D eigenvalue weighted by atomic mass is 79.9. The van der Waals surface area contributed by atoms with Crippen molar-refractivity contribution < 1.29 is 4.79 Å². The van der Waals surface area contributed by atoms with E-state index >= 15 is 0 Å². The fourth-order valence-electron chi connectivity index (χ4n) is 1.91. The zero-order chi connectivity index (χ0) is 11.5. The van der Waals surface area contributed by atoms with E-state index < -0.39 is 0 Å². The molecule has 0 spiro atoms. The quantitative estimate of drug-likeness (QED) is 0.774. The van der Waals surface area contributed by atoms with Gasteiger partial charge in [-0.1, -0.05) is 11.6 Å². The third kappa shape index (κ3) is 2.58. The highest BCUT2D eigenvalue weighted by molar-refractivity contribution is 9.10. The van der Waals surface area contributed by atoms with Crippen molar-refractivity contribution in [1.82, 2.24) is 4.90 Å². The maximum atomic E-state index is 12.1. The van der Waals surface area contributed by atoms with E-state index in [9.17, 15) is 4.79 Å². The van der Waals surface area contributed by atoms with Crippen molar-refractivity contribution in [1.29, 1.82) is 0 Å². The van der Waals surface area contributed by atoms with E-state index in [1.807, 2.05) is 4.90 Å². The third-order valence-electron chi connectivity index (χ3n) is 2.81. The second kappa shape index (κ2) is 5.19. The summed E-state index contributed by atoms with van der Waals surface area (Å²) in [6.45, 7) is 1.75. The average molecular weight is 303 g/mol. The summed E-state index contributed by atoms with van der Waals surface area (Å²) in [6.07, 6.45) is 3.45. The molecule has 1 aromatic rings. The first-order valence-corrected chi connectivity index (χ1v) is 6.60. The fraction of sp³-hybridized carbons (Fsp3) is 0.417. The maximum Gasteiger partial charge on any atom is 0.253 e. The molecule has 1 saturated heterocycles. The first kappa shape index (κ1) is 11.9. The minimum absolute atomic E-state index is 0.108. The molecule has 0 bridgehead atoms. The summed E-state index contributed by atoms with van der Waals surface area (Å²) in [6, 6.07) is 5.33. The van der Waals surface area contributed by atoms with E-state index in [1.54, 1.807) is 18.2 Å². The number of hydrogen-bond donors (Lipinski definition) is 0. The standard InChI is InChI=1S/C12H13BrClNO/c13-10-8-9(4-5-11(10)14)12(16)15-6-2-1-3-7-15/h4-5,8H,1-3,6-7H2. The molecule has 1 heterocycles. The van der Waals surface area contributed by atoms with E-state index in [-0.39, 0.29) is 5.91 Å². The van der Waals surface area contributed by atoms with Gasteiger partial charge in [0.1, 0.15) is 0 Å². The number of amides is 1. The normalized spacial score (nSPS) is 16.2. The molecule has 1 fully saturated rings. The monoisotopic (exact) mass is 301 g/mol. The van der Waals surface area contributed by atoms with Gasteiger partial charge < -0.3 is 4.90 Å². The van der Waals surface area contributed by atoms with Crippen LogP contribution < -0.4 is 0 Å². The first-order valence-electron chi connectivity index (χ1n) is 5.43. The van der Waals surface area contributed by atoms with Crippen LogP contribution in [0.4, 0.5) is 0 Å². The first-order chi connectivity index (χ1) is 7.68. The van der Waals surface area contributed by atoms with Crippen molar-refractivity contribution in [3.63, 3.8) is 0 Å². The van der Waals surface area contributed by atoms with Gasteiger partial charge >= 0.3 is 0 Å². The summed E-state index contributed by atoms with van der Waals surface area (Å²) >= 11 is 9.24. The molecule has 0 aromatic heterocycles. The fourth-order valence-corrected chi connectivity index (χ4v) is 2.41. The van der Waals surface area contributed by atoms with Gasteiger partial charge in [0.2, 0.25) is 0 Å². The predicted octanol–water partition coefficient (Wildman–Crippen LogP) is 3.73. The number of piperidine rings is 1. The van der Waals surface area contributed by atoms with Crippen LogP contribution in [0.2, 0.25) is 5.02 Å². The molecule has 0 aliphatic carbocycles. The second-order valence-corrected chi connectivity index (χ2v) is 5.24. The van der Waals surface area contributed by atoms with Crippen molar-refractivity contribution in [2.75, 3.05) is 13.1 Å². The third-order valence-corrected chi connectivity index (χ3v) is 4.02. The number of halogens is 2. The summed E-state index contributed by atoms with van der Waals surface area (Å²) < 4.78 is 0.775. The number of rotatable bonds is 1. The molecule has 1 aliphatic heterocycles. The molecule has 0 N–H and O–H groups in total. The van der Waals surface area contributed by atoms with Crippen LogP contribution in [0.15, 0.2) is 22.7 Å². The van der Waals surface area contributed by atoms with Gasteiger partial charge in [-0.3, -0.25) is 4.79 Å². The van der Waals surface area contributed by atoms with Gasteiger partial charge in [-0.15, -0.1) is 0 Å². The minimum atomic E-state index is 0.108. The topological polar surface area (TPSA) is 20.3 Å². The second-order valence-electron chi connectivity index (χ2n) is 3.98. The lowest BCUT2D eigenvalue weighted by atomic mass is 10.1. The minimum Gasteiger partial charge on any atom is -0.339 e. The van der Waals surface area contributed by atoms with Crippen molar-refractivity contribution in [2.24, 2.45) is 0 Å². The number of benzene rings is 1. The molecular formula is C12H13BrClNO. The Morgan fingerprint density at radius 2 is 1.94 bits per heavy atom. The van der Waals surface area contributed by atoms with E-state index in [1.165, 1.54) is 6.42 Å². The Morgan fingerprint density at radius 1 is 1.25 bits per heavy atom. The molecule has 2 rings (SSSR count). The molecule has 1 aliphatic rings. The SMILES string of the molecule is O=C(c1ccc(Cl)c(Br)c1)N1CCCCC1. The smallest absolute Gasteiger partial charge is 0.253 e. The predicted molar refractivity (Wildman–Crippen MR) is 68.9 cm³/mol. The van der Waals surface area contributed by atoms with Crippen LogP contribution in [0.1, 0.15) is 29.6 Å². The van der Waals surface area contributed by atoms with Crippen LogP contribution >= 0.6 is 27.5 Å². The van der Waals surface area contributed by atoms with Crippen LogP contribution in [0.25, 0.3) is 0 Å². The Hall–Kier alpha value is -0.540. The molecule has 0 saturated carbocycles. The molecule has 0 unspecified atom stereocenters. The Kier molecular flexibility index (Phi) is 3.87. The van der Waals surface area contributed by atoms with Gasteiger partial charge in [-0.2, -0.15) is 0 Å². The number of likely N-dealkylation sites (tertiary alicyclic amines) is 1. The van der Waals surface area contributed by atoms with Gasteiger partial charge in [0.15, 0.2) is 0 Å². The Labute approximate surface area is 109 Å². The average Bonchev–Trinajstić information content (AvgIpc) is 2.33. The van der Waals surface area contributed by atoms with Crippen LogP contribution in [-0.4, -0.2) is 23.9 Å². The highest BCUT2D eigenvalue weighted by Crippen LogP contribution is 2.24. The molecule has 16 heavy (non-hydrogen) atoms. The van der Waals surface area contributed by atoms with Crippen LogP contribution in [-0.2, 0) is 0 Å². The summed E-state index contributed by atoms with van der Waals surface area (Å²) in [5.41, 5.74) is 0.707. The number of carbonyl (C=O) groups excluding carboxylic acids is 1. The van der Waals surface area contributed by atoms with Crippen molar-refractivity contribution in [3.05, 3.63) is 33.3 Å². The molecular weight excluding hydrogens is 289 g/mol. The lowest BCUT2D eigenvalue weighted by Crippen LogP contribution is -2.35. The van der Waals surface area contributed by atoms with Crippen molar-refractivity contribution in [3.8, 4) is 0 Å². The number of carbonyl (C=O) groups is 1. The van der Waals surface area contributed by atoms with E-state index in [4.69, 9.17) is 11.6 Å². The summed E-state index contributed by atoms with van der Waals surface area (Å²) in [4.78, 5) is 14.0. The molecule has 4 heteroatoms. The van der Waals surface area contributed by atoms with E-state index in [0.29, 0.717) is 10.6 Å². The maximum absolute atomic E-state index is 12.1. The summed E-state index contributed by atoms with van der Waals surface area (Å²) in [5.74, 6) is 0.108. The molecule has 0 atom stereocenters. The number of hydrogen-bond acceptors (Lipinski definition) is 1. The van der Waals surface area contributed by atoms with Crippen molar-refractivity contribution in [2.45, 2.75) is 19.3 Å². The summed E-state index contributed by atoms with van der Waals surface area (Å²) in [5, 5.41) is 0.634. The van der Waals surface area contributed by atoms with Crippen LogP contribution in [0, 0.1) is 0 Å². The van der Waals surface area contributed by atoms with Crippen molar-refractivity contribution >= 4 is 33.4 Å². The highest BCUT2D eigenvalue weighted by Gasteiger charge is 2.18. The lowest BCUT2D eigenvalue weighted by Gasteiger charge is -2.26. The molecule has 2 nitrogen and oxygen atoms in total. The zero-order valence-electron chi connectivity index (χ0n) is 8.88. The van der Waals surface area contributed by atoms with Crippen LogP contribution in [0.5, 0.6) is 0 Å². The van der Waals surface area contributed by atoms with Crippen LogP contribution in [0.3, 0.4) is 0 Å². The Bertz CT molecular complexity index is 402. The van der Waals surface area contributed by atoms with E-state index in [2.05, 4.69) is 15.9 Å². The van der Waals surface area contributed by atoms with Gasteiger partial charge in [0.05, 0.1) is 5.02 Å². The molecule has 0 radical (unpaired) electrons. The molecule has 1 amide bonds. The molecule has 1 aromatic carbocycles. The van der Waals surface area contributed by atoms with Gasteiger partial charge in [-0.25, -0.2) is 0 Å². The molecule has 86 valence electrons. The Balaban J connectivity index is 2.16. The number of nitrogens with zero attached hydrogens (tertiary/aromatic N) is 1. The lowest BCUT2D eigenvalue weighted by molar-refractivity contribution is 0.0724. The van der Waals surface area contributed by atoms with E-state index in [0.717, 1.165) is 30.4 Å². The zero-order valence-corrected chi connectivity index (χ0v) is 11.2. The summed E-state index contributed by atoms with van der Waals surface area (Å²) in [7, 11) is 0.